The Kier molecular flexibility index (Phi) is 3.88. The van der Waals surface area contributed by atoms with Gasteiger partial charge in [0, 0.05) is 13.0 Å². The van der Waals surface area contributed by atoms with Gasteiger partial charge in [-0.15, -0.1) is 0 Å². The van der Waals surface area contributed by atoms with E-state index < -0.39 is 11.9 Å². The number of carbonyl (C=O) groups is 2. The number of halogens is 1. The Balaban J connectivity index is 2.03. The summed E-state index contributed by atoms with van der Waals surface area (Å²) in [6.45, 7) is 0.201. The lowest BCUT2D eigenvalue weighted by atomic mass is 10.0. The highest BCUT2D eigenvalue weighted by molar-refractivity contribution is 6.00. The van der Waals surface area contributed by atoms with Gasteiger partial charge in [0.1, 0.15) is 5.82 Å². The van der Waals surface area contributed by atoms with Crippen LogP contribution in [0.3, 0.4) is 0 Å². The molecule has 1 heterocycles. The van der Waals surface area contributed by atoms with Crippen LogP contribution >= 0.6 is 0 Å². The molecule has 1 aliphatic heterocycles. The zero-order chi connectivity index (χ0) is 13.8. The van der Waals surface area contributed by atoms with Crippen molar-refractivity contribution >= 4 is 11.8 Å². The summed E-state index contributed by atoms with van der Waals surface area (Å²) in [4.78, 5) is 22.5. The molecule has 0 aromatic heterocycles. The van der Waals surface area contributed by atoms with Crippen LogP contribution in [0.15, 0.2) is 18.2 Å². The Hall–Kier alpha value is -2.26. The van der Waals surface area contributed by atoms with Crippen LogP contribution < -0.4 is 10.6 Å². The van der Waals surface area contributed by atoms with E-state index in [-0.39, 0.29) is 24.8 Å². The van der Waals surface area contributed by atoms with Gasteiger partial charge in [-0.2, -0.15) is 5.26 Å². The van der Waals surface area contributed by atoms with Gasteiger partial charge in [0.25, 0.3) is 0 Å². The van der Waals surface area contributed by atoms with Crippen LogP contribution in [-0.4, -0.2) is 17.9 Å². The molecule has 2 N–H and O–H groups in total. The predicted octanol–water partition coefficient (Wildman–Crippen LogP) is 0.592. The fraction of sp³-hybridized carbons (Fsp3) is 0.308. The average Bonchev–Trinajstić information content (AvgIpc) is 2.38. The summed E-state index contributed by atoms with van der Waals surface area (Å²) in [7, 11) is 0. The Morgan fingerprint density at radius 1 is 1.47 bits per heavy atom. The number of amides is 2. The molecule has 0 aliphatic carbocycles. The van der Waals surface area contributed by atoms with Gasteiger partial charge in [0.15, 0.2) is 0 Å². The maximum Gasteiger partial charge on any atom is 0.243 e. The van der Waals surface area contributed by atoms with E-state index in [4.69, 9.17) is 5.26 Å². The van der Waals surface area contributed by atoms with Gasteiger partial charge in [-0.1, -0.05) is 0 Å². The third-order valence-corrected chi connectivity index (χ3v) is 2.97. The van der Waals surface area contributed by atoms with E-state index in [1.165, 1.54) is 18.2 Å². The summed E-state index contributed by atoms with van der Waals surface area (Å²) in [5.74, 6) is -1.10. The van der Waals surface area contributed by atoms with Gasteiger partial charge >= 0.3 is 0 Å². The fourth-order valence-electron chi connectivity index (χ4n) is 1.94. The summed E-state index contributed by atoms with van der Waals surface area (Å²) in [5, 5.41) is 14.1. The van der Waals surface area contributed by atoms with E-state index in [0.717, 1.165) is 0 Å². The largest absolute Gasteiger partial charge is 0.302 e. The molecule has 0 spiro atoms. The molecule has 1 aliphatic rings. The van der Waals surface area contributed by atoms with Gasteiger partial charge in [-0.25, -0.2) is 4.39 Å². The van der Waals surface area contributed by atoms with Crippen molar-refractivity contribution in [2.24, 2.45) is 0 Å². The Bertz CT molecular complexity index is 565. The predicted molar refractivity (Wildman–Crippen MR) is 64.1 cm³/mol. The molecule has 1 saturated heterocycles. The van der Waals surface area contributed by atoms with Crippen molar-refractivity contribution in [3.05, 3.63) is 35.1 Å². The molecule has 19 heavy (non-hydrogen) atoms. The molecule has 6 heteroatoms. The van der Waals surface area contributed by atoms with Crippen LogP contribution in [-0.2, 0) is 16.1 Å². The minimum absolute atomic E-state index is 0.201. The minimum Gasteiger partial charge on any atom is -0.302 e. The van der Waals surface area contributed by atoms with Gasteiger partial charge in [0.05, 0.1) is 17.7 Å². The number of hydrogen-bond donors (Lipinski definition) is 2. The molecule has 1 unspecified atom stereocenters. The Morgan fingerprint density at radius 3 is 2.95 bits per heavy atom. The summed E-state index contributed by atoms with van der Waals surface area (Å²) >= 11 is 0. The van der Waals surface area contributed by atoms with Crippen molar-refractivity contribution in [2.45, 2.75) is 25.4 Å². The average molecular weight is 261 g/mol. The third-order valence-electron chi connectivity index (χ3n) is 2.97. The molecule has 98 valence electrons. The number of nitriles is 1. The van der Waals surface area contributed by atoms with Crippen molar-refractivity contribution in [2.75, 3.05) is 0 Å². The summed E-state index contributed by atoms with van der Waals surface area (Å²) in [6.07, 6.45) is 0.680. The third kappa shape index (κ3) is 3.14. The number of benzene rings is 1. The number of nitrogens with zero attached hydrogens (tertiary/aromatic N) is 1. The number of rotatable bonds is 3. The lowest BCUT2D eigenvalue weighted by molar-refractivity contribution is -0.134. The van der Waals surface area contributed by atoms with Gasteiger partial charge in [-0.3, -0.25) is 14.9 Å². The van der Waals surface area contributed by atoms with Crippen molar-refractivity contribution < 1.29 is 14.0 Å². The highest BCUT2D eigenvalue weighted by atomic mass is 19.1. The highest BCUT2D eigenvalue weighted by Crippen LogP contribution is 2.12. The summed E-state index contributed by atoms with van der Waals surface area (Å²) in [5.41, 5.74) is 0.855. The molecule has 0 bridgehead atoms. The highest BCUT2D eigenvalue weighted by Gasteiger charge is 2.25. The molecule has 1 atom stereocenters. The molecule has 5 nitrogen and oxygen atoms in total. The maximum atomic E-state index is 13.1. The van der Waals surface area contributed by atoms with E-state index >= 15 is 0 Å². The van der Waals surface area contributed by atoms with E-state index in [2.05, 4.69) is 10.6 Å². The first-order chi connectivity index (χ1) is 9.10. The normalized spacial score (nSPS) is 18.8. The van der Waals surface area contributed by atoms with Crippen molar-refractivity contribution in [3.8, 4) is 6.07 Å². The molecule has 2 rings (SSSR count). The summed E-state index contributed by atoms with van der Waals surface area (Å²) < 4.78 is 13.1. The first-order valence-electron chi connectivity index (χ1n) is 5.86. The lowest BCUT2D eigenvalue weighted by Gasteiger charge is -2.22. The van der Waals surface area contributed by atoms with E-state index in [0.29, 0.717) is 17.5 Å². The summed E-state index contributed by atoms with van der Waals surface area (Å²) in [6, 6.07) is 5.35. The second-order valence-electron chi connectivity index (χ2n) is 4.30. The minimum atomic E-state index is -0.493. The van der Waals surface area contributed by atoms with Crippen molar-refractivity contribution in [3.63, 3.8) is 0 Å². The quantitative estimate of drug-likeness (QED) is 0.780. The molecule has 2 amide bonds. The fourth-order valence-corrected chi connectivity index (χ4v) is 1.94. The first-order valence-corrected chi connectivity index (χ1v) is 5.86. The topological polar surface area (TPSA) is 82.0 Å². The maximum absolute atomic E-state index is 13.1. The number of piperidine rings is 1. The monoisotopic (exact) mass is 261 g/mol. The zero-order valence-electron chi connectivity index (χ0n) is 10.1. The lowest BCUT2D eigenvalue weighted by Crippen LogP contribution is -2.50. The van der Waals surface area contributed by atoms with E-state index in [9.17, 15) is 14.0 Å². The van der Waals surface area contributed by atoms with Gasteiger partial charge in [-0.05, 0) is 30.2 Å². The second kappa shape index (κ2) is 5.59. The SMILES string of the molecule is N#Cc1ccc(F)cc1CNC1CCC(=O)NC1=O. The zero-order valence-corrected chi connectivity index (χ0v) is 10.1. The molecule has 0 radical (unpaired) electrons. The Morgan fingerprint density at radius 2 is 2.26 bits per heavy atom. The molecule has 1 fully saturated rings. The number of hydrogen-bond acceptors (Lipinski definition) is 4. The number of carbonyl (C=O) groups excluding carboxylic acids is 2. The van der Waals surface area contributed by atoms with E-state index in [1.807, 2.05) is 6.07 Å². The molecule has 1 aromatic rings. The Labute approximate surface area is 109 Å². The van der Waals surface area contributed by atoms with Crippen LogP contribution in [0.1, 0.15) is 24.0 Å². The van der Waals surface area contributed by atoms with Crippen LogP contribution in [0.5, 0.6) is 0 Å². The molecule has 0 saturated carbocycles. The first kappa shape index (κ1) is 13.2. The van der Waals surface area contributed by atoms with Gasteiger partial charge < -0.3 is 5.32 Å². The van der Waals surface area contributed by atoms with Crippen LogP contribution in [0.25, 0.3) is 0 Å². The van der Waals surface area contributed by atoms with Crippen molar-refractivity contribution in [1.29, 1.82) is 5.26 Å². The molecular weight excluding hydrogens is 249 g/mol. The second-order valence-corrected chi connectivity index (χ2v) is 4.30. The molecular formula is C13H12FN3O2. The number of nitrogens with one attached hydrogen (secondary N) is 2. The van der Waals surface area contributed by atoms with Crippen LogP contribution in [0.4, 0.5) is 4.39 Å². The molecule has 1 aromatic carbocycles. The smallest absolute Gasteiger partial charge is 0.243 e. The van der Waals surface area contributed by atoms with Gasteiger partial charge in [0.2, 0.25) is 11.8 Å². The van der Waals surface area contributed by atoms with E-state index in [1.54, 1.807) is 0 Å². The van der Waals surface area contributed by atoms with Crippen LogP contribution in [0, 0.1) is 17.1 Å². The standard InChI is InChI=1S/C13H12FN3O2/c14-10-2-1-8(6-15)9(5-10)7-16-11-3-4-12(18)17-13(11)19/h1-2,5,11,16H,3-4,7H2,(H,17,18,19). The van der Waals surface area contributed by atoms with Crippen LogP contribution in [0.2, 0.25) is 0 Å². The number of imide groups is 1. The van der Waals surface area contributed by atoms with Crippen molar-refractivity contribution in [1.82, 2.24) is 10.6 Å².